The highest BCUT2D eigenvalue weighted by Crippen LogP contribution is 2.30. The molecule has 106 valence electrons. The average Bonchev–Trinajstić information content (AvgIpc) is 2.39. The summed E-state index contributed by atoms with van der Waals surface area (Å²) >= 11 is 0. The molecule has 1 aromatic rings. The van der Waals surface area contributed by atoms with E-state index >= 15 is 0 Å². The van der Waals surface area contributed by atoms with Gasteiger partial charge in [0.25, 0.3) is 0 Å². The highest BCUT2D eigenvalue weighted by atomic mass is 16.3. The van der Waals surface area contributed by atoms with Crippen LogP contribution in [0.25, 0.3) is 0 Å². The summed E-state index contributed by atoms with van der Waals surface area (Å²) in [6.07, 6.45) is 6.90. The molecule has 1 fully saturated rings. The fourth-order valence-electron chi connectivity index (χ4n) is 3.21. The van der Waals surface area contributed by atoms with Gasteiger partial charge in [0, 0.05) is 12.1 Å². The fraction of sp³-hybridized carbons (Fsp3) is 0.647. The highest BCUT2D eigenvalue weighted by Gasteiger charge is 2.18. The van der Waals surface area contributed by atoms with Crippen LogP contribution in [0.3, 0.4) is 0 Å². The molecule has 0 saturated heterocycles. The summed E-state index contributed by atoms with van der Waals surface area (Å²) in [5.41, 5.74) is 2.22. The van der Waals surface area contributed by atoms with Crippen molar-refractivity contribution in [3.63, 3.8) is 0 Å². The molecule has 2 heteroatoms. The van der Waals surface area contributed by atoms with Crippen molar-refractivity contribution < 1.29 is 5.11 Å². The quantitative estimate of drug-likeness (QED) is 0.785. The monoisotopic (exact) mass is 261 g/mol. The molecule has 1 aromatic carbocycles. The zero-order valence-electron chi connectivity index (χ0n) is 12.3. The Kier molecular flexibility index (Phi) is 5.26. The second-order valence-corrected chi connectivity index (χ2v) is 6.24. The molecule has 2 atom stereocenters. The van der Waals surface area contributed by atoms with Crippen molar-refractivity contribution in [1.29, 1.82) is 0 Å². The molecule has 2 nitrogen and oxygen atoms in total. The lowest BCUT2D eigenvalue weighted by molar-refractivity contribution is 0.267. The Bertz CT molecular complexity index is 402. The van der Waals surface area contributed by atoms with Gasteiger partial charge in [0.1, 0.15) is 5.75 Å². The number of hydrogen-bond acceptors (Lipinski definition) is 2. The Hall–Kier alpha value is -1.02. The van der Waals surface area contributed by atoms with Crippen molar-refractivity contribution in [2.75, 3.05) is 6.54 Å². The van der Waals surface area contributed by atoms with Crippen LogP contribution in [-0.4, -0.2) is 11.7 Å². The van der Waals surface area contributed by atoms with Crippen LogP contribution in [0.4, 0.5) is 0 Å². The van der Waals surface area contributed by atoms with E-state index in [-0.39, 0.29) is 0 Å². The van der Waals surface area contributed by atoms with Gasteiger partial charge in [-0.1, -0.05) is 43.9 Å². The zero-order valence-corrected chi connectivity index (χ0v) is 12.3. The van der Waals surface area contributed by atoms with Gasteiger partial charge in [-0.2, -0.15) is 0 Å². The van der Waals surface area contributed by atoms with Crippen molar-refractivity contribution in [1.82, 2.24) is 5.32 Å². The Morgan fingerprint density at radius 3 is 2.95 bits per heavy atom. The SMILES string of the molecule is Cc1ccc(O)c(CNCCC2CCCC(C)C2)c1. The molecule has 0 heterocycles. The summed E-state index contributed by atoms with van der Waals surface area (Å²) in [6, 6.07) is 5.79. The van der Waals surface area contributed by atoms with E-state index in [2.05, 4.69) is 25.2 Å². The minimum absolute atomic E-state index is 0.407. The summed E-state index contributed by atoms with van der Waals surface area (Å²) in [7, 11) is 0. The molecular formula is C17H27NO. The predicted molar refractivity (Wildman–Crippen MR) is 80.3 cm³/mol. The first-order valence-electron chi connectivity index (χ1n) is 7.64. The third-order valence-corrected chi connectivity index (χ3v) is 4.32. The molecular weight excluding hydrogens is 234 g/mol. The van der Waals surface area contributed by atoms with Crippen molar-refractivity contribution >= 4 is 0 Å². The van der Waals surface area contributed by atoms with Gasteiger partial charge < -0.3 is 10.4 Å². The van der Waals surface area contributed by atoms with Crippen LogP contribution in [-0.2, 0) is 6.54 Å². The van der Waals surface area contributed by atoms with Crippen LogP contribution in [0.1, 0.15) is 50.2 Å². The van der Waals surface area contributed by atoms with Gasteiger partial charge in [-0.25, -0.2) is 0 Å². The number of hydrogen-bond donors (Lipinski definition) is 2. The van der Waals surface area contributed by atoms with Gasteiger partial charge in [-0.15, -0.1) is 0 Å². The zero-order chi connectivity index (χ0) is 13.7. The molecule has 0 radical (unpaired) electrons. The Morgan fingerprint density at radius 1 is 1.32 bits per heavy atom. The molecule has 2 rings (SSSR count). The van der Waals surface area contributed by atoms with Gasteiger partial charge in [0.15, 0.2) is 0 Å². The van der Waals surface area contributed by atoms with Gasteiger partial charge in [0.05, 0.1) is 0 Å². The van der Waals surface area contributed by atoms with Gasteiger partial charge in [0.2, 0.25) is 0 Å². The lowest BCUT2D eigenvalue weighted by atomic mass is 9.81. The summed E-state index contributed by atoms with van der Waals surface area (Å²) in [5.74, 6) is 2.23. The topological polar surface area (TPSA) is 32.3 Å². The summed E-state index contributed by atoms with van der Waals surface area (Å²) in [4.78, 5) is 0. The van der Waals surface area contributed by atoms with Crippen molar-refractivity contribution in [2.24, 2.45) is 11.8 Å². The van der Waals surface area contributed by atoms with Crippen molar-refractivity contribution in [2.45, 2.75) is 52.5 Å². The van der Waals surface area contributed by atoms with E-state index in [1.807, 2.05) is 6.07 Å². The molecule has 0 bridgehead atoms. The molecule has 19 heavy (non-hydrogen) atoms. The lowest BCUT2D eigenvalue weighted by Crippen LogP contribution is -2.21. The van der Waals surface area contributed by atoms with E-state index in [0.29, 0.717) is 5.75 Å². The highest BCUT2D eigenvalue weighted by molar-refractivity contribution is 5.35. The molecule has 1 saturated carbocycles. The van der Waals surface area contributed by atoms with Crippen LogP contribution in [0.15, 0.2) is 18.2 Å². The van der Waals surface area contributed by atoms with E-state index in [9.17, 15) is 5.11 Å². The summed E-state index contributed by atoms with van der Waals surface area (Å²) in [5, 5.41) is 13.2. The maximum Gasteiger partial charge on any atom is 0.120 e. The Labute approximate surface area is 117 Å². The average molecular weight is 261 g/mol. The van der Waals surface area contributed by atoms with Crippen LogP contribution in [0.5, 0.6) is 5.75 Å². The first kappa shape index (κ1) is 14.4. The lowest BCUT2D eigenvalue weighted by Gasteiger charge is -2.26. The van der Waals surface area contributed by atoms with Crippen molar-refractivity contribution in [3.8, 4) is 5.75 Å². The van der Waals surface area contributed by atoms with E-state index < -0.39 is 0 Å². The Balaban J connectivity index is 1.70. The molecule has 1 aliphatic carbocycles. The first-order valence-corrected chi connectivity index (χ1v) is 7.64. The molecule has 0 spiro atoms. The van der Waals surface area contributed by atoms with Gasteiger partial charge in [-0.3, -0.25) is 0 Å². The maximum atomic E-state index is 9.78. The molecule has 0 aliphatic heterocycles. The van der Waals surface area contributed by atoms with Gasteiger partial charge >= 0.3 is 0 Å². The molecule has 2 unspecified atom stereocenters. The third kappa shape index (κ3) is 4.54. The molecule has 0 amide bonds. The smallest absolute Gasteiger partial charge is 0.120 e. The van der Waals surface area contributed by atoms with Gasteiger partial charge in [-0.05, 0) is 44.2 Å². The largest absolute Gasteiger partial charge is 0.508 e. The van der Waals surface area contributed by atoms with Crippen molar-refractivity contribution in [3.05, 3.63) is 29.3 Å². The standard InChI is InChI=1S/C17H27NO/c1-13-4-3-5-15(10-13)8-9-18-12-16-11-14(2)6-7-17(16)19/h6-7,11,13,15,18-19H,3-5,8-10,12H2,1-2H3. The number of benzene rings is 1. The number of phenols is 1. The second-order valence-electron chi connectivity index (χ2n) is 6.24. The normalized spacial score (nSPS) is 23.5. The first-order chi connectivity index (χ1) is 9.15. The van der Waals surface area contributed by atoms with E-state index in [1.54, 1.807) is 6.07 Å². The number of aromatic hydroxyl groups is 1. The Morgan fingerprint density at radius 2 is 2.16 bits per heavy atom. The molecule has 2 N–H and O–H groups in total. The number of aryl methyl sites for hydroxylation is 1. The van der Waals surface area contributed by atoms with Crippen LogP contribution in [0, 0.1) is 18.8 Å². The fourth-order valence-corrected chi connectivity index (χ4v) is 3.21. The number of phenolic OH excluding ortho intramolecular Hbond substituents is 1. The van der Waals surface area contributed by atoms with Crippen LogP contribution < -0.4 is 5.32 Å². The summed E-state index contributed by atoms with van der Waals surface area (Å²) in [6.45, 7) is 6.28. The number of nitrogens with one attached hydrogen (secondary N) is 1. The van der Waals surface area contributed by atoms with E-state index in [4.69, 9.17) is 0 Å². The minimum Gasteiger partial charge on any atom is -0.508 e. The molecule has 0 aromatic heterocycles. The summed E-state index contributed by atoms with van der Waals surface area (Å²) < 4.78 is 0. The maximum absolute atomic E-state index is 9.78. The minimum atomic E-state index is 0.407. The third-order valence-electron chi connectivity index (χ3n) is 4.32. The second kappa shape index (κ2) is 6.95. The van der Waals surface area contributed by atoms with Crippen LogP contribution >= 0.6 is 0 Å². The van der Waals surface area contributed by atoms with E-state index in [0.717, 1.165) is 30.5 Å². The van der Waals surface area contributed by atoms with Crippen LogP contribution in [0.2, 0.25) is 0 Å². The predicted octanol–water partition coefficient (Wildman–Crippen LogP) is 4.01. The number of rotatable bonds is 5. The molecule has 1 aliphatic rings. The van der Waals surface area contributed by atoms with E-state index in [1.165, 1.54) is 37.7 Å².